The van der Waals surface area contributed by atoms with Crippen LogP contribution in [-0.2, 0) is 4.74 Å². The third kappa shape index (κ3) is 2.69. The van der Waals surface area contributed by atoms with E-state index in [-0.39, 0.29) is 11.1 Å². The van der Waals surface area contributed by atoms with Crippen molar-refractivity contribution in [2.45, 2.75) is 0 Å². The zero-order valence-corrected chi connectivity index (χ0v) is 12.0. The summed E-state index contributed by atoms with van der Waals surface area (Å²) in [4.78, 5) is 29.0. The minimum atomic E-state index is -0.813. The highest BCUT2D eigenvalue weighted by Gasteiger charge is 2.23. The summed E-state index contributed by atoms with van der Waals surface area (Å²) in [5.74, 6) is -2.74. The summed E-state index contributed by atoms with van der Waals surface area (Å²) in [5.41, 5.74) is 0.153. The van der Waals surface area contributed by atoms with E-state index in [1.807, 2.05) is 0 Å². The number of hydrogen-bond acceptors (Lipinski definition) is 6. The second-order valence-electron chi connectivity index (χ2n) is 4.42. The lowest BCUT2D eigenvalue weighted by Crippen LogP contribution is -2.26. The van der Waals surface area contributed by atoms with Gasteiger partial charge in [0.2, 0.25) is 0 Å². The Morgan fingerprint density at radius 1 is 1.14 bits per heavy atom. The molecule has 0 aliphatic heterocycles. The van der Waals surface area contributed by atoms with Gasteiger partial charge < -0.3 is 19.8 Å². The molecule has 0 aliphatic carbocycles. The number of phenols is 2. The minimum Gasteiger partial charge on any atom is -0.504 e. The number of carbonyl (C=O) groups excluding carboxylic acids is 2. The Bertz CT molecular complexity index is 715. The summed E-state index contributed by atoms with van der Waals surface area (Å²) in [6.45, 7) is 0. The van der Waals surface area contributed by atoms with Crippen LogP contribution in [0.25, 0.3) is 0 Å². The third-order valence-corrected chi connectivity index (χ3v) is 3.12. The number of hydrogen-bond donors (Lipinski definition) is 2. The topological polar surface area (TPSA) is 100.0 Å². The fraction of sp³-hybridized carbons (Fsp3) is 0.133. The number of rotatable bonds is 3. The first kappa shape index (κ1) is 15.3. The maximum Gasteiger partial charge on any atom is 0.341 e. The average molecular weight is 302 g/mol. The molecule has 7 nitrogen and oxygen atoms in total. The second kappa shape index (κ2) is 6.13. The predicted octanol–water partition coefficient (Wildman–Crippen LogP) is 1.56. The third-order valence-electron chi connectivity index (χ3n) is 3.12. The molecule has 2 aromatic rings. The first-order valence-electron chi connectivity index (χ1n) is 6.28. The van der Waals surface area contributed by atoms with Gasteiger partial charge in [-0.05, 0) is 24.3 Å². The van der Waals surface area contributed by atoms with E-state index < -0.39 is 23.4 Å². The predicted molar refractivity (Wildman–Crippen MR) is 78.1 cm³/mol. The molecule has 114 valence electrons. The standard InChI is InChI=1S/C15H14N2O5/c1-17(9-4-3-7-16-8-9)14(20)10-5-6-11(15(21)22-2)13(19)12(10)18/h3-8,18-19H,1-2H3. The Labute approximate surface area is 126 Å². The van der Waals surface area contributed by atoms with Crippen LogP contribution in [-0.4, -0.2) is 41.2 Å². The van der Waals surface area contributed by atoms with Crippen LogP contribution in [0.4, 0.5) is 5.69 Å². The summed E-state index contributed by atoms with van der Waals surface area (Å²) >= 11 is 0. The molecule has 0 spiro atoms. The van der Waals surface area contributed by atoms with Crippen LogP contribution in [0.3, 0.4) is 0 Å². The number of methoxy groups -OCH3 is 1. The number of carbonyl (C=O) groups is 2. The van der Waals surface area contributed by atoms with Gasteiger partial charge in [0.25, 0.3) is 5.91 Å². The SMILES string of the molecule is COC(=O)c1ccc(C(=O)N(C)c2cccnc2)c(O)c1O. The van der Waals surface area contributed by atoms with Gasteiger partial charge in [0.1, 0.15) is 5.56 Å². The van der Waals surface area contributed by atoms with Crippen LogP contribution in [0.15, 0.2) is 36.7 Å². The number of esters is 1. The molecule has 0 unspecified atom stereocenters. The van der Waals surface area contributed by atoms with E-state index in [1.165, 1.54) is 30.3 Å². The molecule has 7 heteroatoms. The fourth-order valence-corrected chi connectivity index (χ4v) is 1.88. The Morgan fingerprint density at radius 2 is 1.77 bits per heavy atom. The van der Waals surface area contributed by atoms with E-state index in [2.05, 4.69) is 9.72 Å². The monoisotopic (exact) mass is 302 g/mol. The van der Waals surface area contributed by atoms with Crippen molar-refractivity contribution in [3.05, 3.63) is 47.8 Å². The summed E-state index contributed by atoms with van der Waals surface area (Å²) < 4.78 is 4.48. The summed E-state index contributed by atoms with van der Waals surface area (Å²) in [6, 6.07) is 5.79. The van der Waals surface area contributed by atoms with Crippen molar-refractivity contribution in [3.8, 4) is 11.5 Å². The molecule has 1 amide bonds. The van der Waals surface area contributed by atoms with Gasteiger partial charge in [0.05, 0.1) is 24.6 Å². The van der Waals surface area contributed by atoms with Gasteiger partial charge in [-0.25, -0.2) is 4.79 Å². The number of anilines is 1. The average Bonchev–Trinajstić information content (AvgIpc) is 2.56. The van der Waals surface area contributed by atoms with Crippen LogP contribution < -0.4 is 4.90 Å². The van der Waals surface area contributed by atoms with E-state index in [4.69, 9.17) is 0 Å². The molecule has 1 aromatic heterocycles. The van der Waals surface area contributed by atoms with Gasteiger partial charge >= 0.3 is 5.97 Å². The summed E-state index contributed by atoms with van der Waals surface area (Å²) in [6.07, 6.45) is 3.05. The quantitative estimate of drug-likeness (QED) is 0.659. The Hall–Kier alpha value is -3.09. The van der Waals surface area contributed by atoms with E-state index in [0.29, 0.717) is 5.69 Å². The lowest BCUT2D eigenvalue weighted by Gasteiger charge is -2.18. The zero-order valence-electron chi connectivity index (χ0n) is 12.0. The molecule has 0 bridgehead atoms. The van der Waals surface area contributed by atoms with Gasteiger partial charge in [-0.15, -0.1) is 0 Å². The van der Waals surface area contributed by atoms with Crippen LogP contribution in [0.2, 0.25) is 0 Å². The molecule has 2 N–H and O–H groups in total. The highest BCUT2D eigenvalue weighted by molar-refractivity contribution is 6.09. The lowest BCUT2D eigenvalue weighted by molar-refractivity contribution is 0.0596. The molecule has 0 atom stereocenters. The lowest BCUT2D eigenvalue weighted by atomic mass is 10.1. The summed E-state index contributed by atoms with van der Waals surface area (Å²) in [7, 11) is 2.65. The van der Waals surface area contributed by atoms with Crippen LogP contribution in [0.5, 0.6) is 11.5 Å². The number of ether oxygens (including phenoxy) is 1. The number of phenolic OH excluding ortho intramolecular Hbond substituents is 2. The maximum atomic E-state index is 12.4. The van der Waals surface area contributed by atoms with Gasteiger partial charge in [0, 0.05) is 13.2 Å². The van der Waals surface area contributed by atoms with Crippen molar-refractivity contribution in [3.63, 3.8) is 0 Å². The van der Waals surface area contributed by atoms with Crippen molar-refractivity contribution in [1.82, 2.24) is 4.98 Å². The highest BCUT2D eigenvalue weighted by atomic mass is 16.5. The van der Waals surface area contributed by atoms with Crippen molar-refractivity contribution >= 4 is 17.6 Å². The molecule has 22 heavy (non-hydrogen) atoms. The molecule has 0 radical (unpaired) electrons. The first-order valence-corrected chi connectivity index (χ1v) is 6.28. The number of aromatic hydroxyl groups is 2. The summed E-state index contributed by atoms with van der Waals surface area (Å²) in [5, 5.41) is 19.8. The van der Waals surface area contributed by atoms with Gasteiger partial charge in [-0.2, -0.15) is 0 Å². The van der Waals surface area contributed by atoms with Crippen molar-refractivity contribution in [2.24, 2.45) is 0 Å². The molecular weight excluding hydrogens is 288 g/mol. The van der Waals surface area contributed by atoms with Gasteiger partial charge in [-0.1, -0.05) is 0 Å². The number of nitrogens with zero attached hydrogens (tertiary/aromatic N) is 2. The van der Waals surface area contributed by atoms with E-state index in [9.17, 15) is 19.8 Å². The maximum absolute atomic E-state index is 12.4. The molecule has 1 heterocycles. The van der Waals surface area contributed by atoms with E-state index >= 15 is 0 Å². The number of amides is 1. The highest BCUT2D eigenvalue weighted by Crippen LogP contribution is 2.34. The van der Waals surface area contributed by atoms with Crippen LogP contribution >= 0.6 is 0 Å². The van der Waals surface area contributed by atoms with Crippen LogP contribution in [0.1, 0.15) is 20.7 Å². The fourth-order valence-electron chi connectivity index (χ4n) is 1.88. The van der Waals surface area contributed by atoms with E-state index in [0.717, 1.165) is 7.11 Å². The molecular formula is C15H14N2O5. The van der Waals surface area contributed by atoms with Gasteiger partial charge in [0.15, 0.2) is 11.5 Å². The normalized spacial score (nSPS) is 10.1. The van der Waals surface area contributed by atoms with Crippen molar-refractivity contribution in [2.75, 3.05) is 19.1 Å². The first-order chi connectivity index (χ1) is 10.5. The molecule has 0 saturated carbocycles. The molecule has 2 rings (SSSR count). The second-order valence-corrected chi connectivity index (χ2v) is 4.42. The number of benzene rings is 1. The number of aromatic nitrogens is 1. The zero-order chi connectivity index (χ0) is 16.3. The largest absolute Gasteiger partial charge is 0.504 e. The Morgan fingerprint density at radius 3 is 2.36 bits per heavy atom. The van der Waals surface area contributed by atoms with Crippen LogP contribution in [0, 0.1) is 0 Å². The molecule has 0 fully saturated rings. The minimum absolute atomic E-state index is 0.142. The van der Waals surface area contributed by atoms with Gasteiger partial charge in [-0.3, -0.25) is 9.78 Å². The van der Waals surface area contributed by atoms with Crippen molar-refractivity contribution < 1.29 is 24.5 Å². The molecule has 0 saturated heterocycles. The Balaban J connectivity index is 2.39. The molecule has 1 aromatic carbocycles. The molecule has 0 aliphatic rings. The van der Waals surface area contributed by atoms with Crippen molar-refractivity contribution in [1.29, 1.82) is 0 Å². The number of pyridine rings is 1. The van der Waals surface area contributed by atoms with E-state index in [1.54, 1.807) is 18.3 Å². The smallest absolute Gasteiger partial charge is 0.341 e. The Kier molecular flexibility index (Phi) is 4.26.